The van der Waals surface area contributed by atoms with Crippen LogP contribution in [-0.2, 0) is 9.53 Å². The fourth-order valence-electron chi connectivity index (χ4n) is 2.23. The summed E-state index contributed by atoms with van der Waals surface area (Å²) >= 11 is 4.21. The highest BCUT2D eigenvalue weighted by Crippen LogP contribution is 2.27. The summed E-state index contributed by atoms with van der Waals surface area (Å²) in [5.41, 5.74) is 1.04. The number of anilines is 1. The number of hydrogen-bond donors (Lipinski definition) is 1. The highest BCUT2D eigenvalue weighted by atomic mass is 32.1. The van der Waals surface area contributed by atoms with Gasteiger partial charge >= 0.3 is 5.97 Å². The molecular weight excluding hydrogens is 276 g/mol. The molecule has 0 aliphatic carbocycles. The van der Waals surface area contributed by atoms with Gasteiger partial charge in [-0.05, 0) is 29.9 Å². The van der Waals surface area contributed by atoms with Crippen molar-refractivity contribution in [1.29, 1.82) is 5.26 Å². The van der Waals surface area contributed by atoms with Crippen LogP contribution in [0.1, 0.15) is 22.3 Å². The minimum atomic E-state index is -0.561. The predicted octanol–water partition coefficient (Wildman–Crippen LogP) is 1.63. The number of hydrogen-bond acceptors (Lipinski definition) is 5. The Kier molecular flexibility index (Phi) is 4.30. The van der Waals surface area contributed by atoms with Crippen LogP contribution in [0.4, 0.5) is 5.69 Å². The molecule has 1 saturated heterocycles. The van der Waals surface area contributed by atoms with E-state index in [0.29, 0.717) is 24.4 Å². The van der Waals surface area contributed by atoms with Gasteiger partial charge in [-0.2, -0.15) is 17.9 Å². The number of nitriles is 1. The third kappa shape index (κ3) is 2.63. The van der Waals surface area contributed by atoms with Gasteiger partial charge < -0.3 is 9.64 Å². The molecule has 1 aliphatic rings. The maximum Gasteiger partial charge on any atom is 0.339 e. The van der Waals surface area contributed by atoms with Gasteiger partial charge in [0.15, 0.2) is 0 Å². The van der Waals surface area contributed by atoms with Gasteiger partial charge in [0, 0.05) is 18.7 Å². The number of nitrogens with zero attached hydrogens (tertiary/aromatic N) is 2. The monoisotopic (exact) mass is 290 g/mol. The van der Waals surface area contributed by atoms with E-state index in [1.807, 2.05) is 6.07 Å². The third-order valence-corrected chi connectivity index (χ3v) is 3.82. The van der Waals surface area contributed by atoms with Gasteiger partial charge in [-0.1, -0.05) is 0 Å². The molecule has 2 rings (SSSR count). The molecule has 0 aromatic heterocycles. The molecule has 1 aromatic carbocycles. The number of ether oxygens (including phenoxy) is 1. The molecule has 1 amide bonds. The quantitative estimate of drug-likeness (QED) is 0.678. The van der Waals surface area contributed by atoms with Gasteiger partial charge in [-0.25, -0.2) is 4.79 Å². The zero-order chi connectivity index (χ0) is 14.7. The highest BCUT2D eigenvalue weighted by Gasteiger charge is 2.30. The number of carbonyl (C=O) groups excluding carboxylic acids is 2. The minimum absolute atomic E-state index is 0.0127. The standard InChI is InChI=1S/C14H14N2O3S/c1-19-14(18)12-3-2-11(5-10(12)6-15)16-7-9(8-20)4-13(16)17/h2-3,5,9,20H,4,7-8H2,1H3. The number of thiol groups is 1. The van der Waals surface area contributed by atoms with E-state index in [-0.39, 0.29) is 23.0 Å². The predicted molar refractivity (Wildman–Crippen MR) is 76.8 cm³/mol. The number of amides is 1. The first-order chi connectivity index (χ1) is 9.60. The average molecular weight is 290 g/mol. The Morgan fingerprint density at radius 1 is 1.60 bits per heavy atom. The molecule has 1 atom stereocenters. The van der Waals surface area contributed by atoms with Crippen molar-refractivity contribution < 1.29 is 14.3 Å². The second-order valence-electron chi connectivity index (χ2n) is 4.59. The van der Waals surface area contributed by atoms with Gasteiger partial charge in [-0.3, -0.25) is 4.79 Å². The summed E-state index contributed by atoms with van der Waals surface area (Å²) < 4.78 is 4.62. The molecule has 5 nitrogen and oxygen atoms in total. The first-order valence-corrected chi connectivity index (χ1v) is 6.77. The van der Waals surface area contributed by atoms with E-state index < -0.39 is 5.97 Å². The Morgan fingerprint density at radius 2 is 2.35 bits per heavy atom. The van der Waals surface area contributed by atoms with E-state index in [1.54, 1.807) is 17.0 Å². The maximum absolute atomic E-state index is 11.9. The number of methoxy groups -OCH3 is 1. The second kappa shape index (κ2) is 5.97. The molecule has 0 saturated carbocycles. The van der Waals surface area contributed by atoms with Crippen molar-refractivity contribution in [2.45, 2.75) is 6.42 Å². The van der Waals surface area contributed by atoms with Gasteiger partial charge in [0.05, 0.1) is 18.2 Å². The van der Waals surface area contributed by atoms with Crippen molar-refractivity contribution in [3.8, 4) is 6.07 Å². The number of carbonyl (C=O) groups is 2. The lowest BCUT2D eigenvalue weighted by molar-refractivity contribution is -0.117. The Bertz CT molecular complexity index is 595. The Balaban J connectivity index is 2.34. The Morgan fingerprint density at radius 3 is 2.90 bits per heavy atom. The van der Waals surface area contributed by atoms with Crippen molar-refractivity contribution in [3.05, 3.63) is 29.3 Å². The molecular formula is C14H14N2O3S. The first kappa shape index (κ1) is 14.4. The summed E-state index contributed by atoms with van der Waals surface area (Å²) in [4.78, 5) is 25.1. The summed E-state index contributed by atoms with van der Waals surface area (Å²) in [5, 5.41) is 9.12. The molecule has 1 unspecified atom stereocenters. The molecule has 1 aromatic rings. The lowest BCUT2D eigenvalue weighted by Gasteiger charge is -2.17. The summed E-state index contributed by atoms with van der Waals surface area (Å²) in [7, 11) is 1.26. The van der Waals surface area contributed by atoms with E-state index in [0.717, 1.165) is 0 Å². The van der Waals surface area contributed by atoms with E-state index in [2.05, 4.69) is 17.4 Å². The zero-order valence-electron chi connectivity index (χ0n) is 11.0. The summed E-state index contributed by atoms with van der Waals surface area (Å²) in [6.07, 6.45) is 0.462. The number of benzene rings is 1. The van der Waals surface area contributed by atoms with Crippen molar-refractivity contribution in [2.75, 3.05) is 24.3 Å². The average Bonchev–Trinajstić information content (AvgIpc) is 2.86. The molecule has 20 heavy (non-hydrogen) atoms. The Hall–Kier alpha value is -2.00. The zero-order valence-corrected chi connectivity index (χ0v) is 11.9. The fourth-order valence-corrected chi connectivity index (χ4v) is 2.48. The number of rotatable bonds is 3. The smallest absolute Gasteiger partial charge is 0.339 e. The van der Waals surface area contributed by atoms with Gasteiger partial charge in [0.2, 0.25) is 5.91 Å². The summed E-state index contributed by atoms with van der Waals surface area (Å²) in [6, 6.07) is 6.68. The van der Waals surface area contributed by atoms with Crippen LogP contribution in [0, 0.1) is 17.2 Å². The van der Waals surface area contributed by atoms with Gasteiger partial charge in [-0.15, -0.1) is 0 Å². The second-order valence-corrected chi connectivity index (χ2v) is 4.96. The van der Waals surface area contributed by atoms with Gasteiger partial charge in [0.25, 0.3) is 0 Å². The van der Waals surface area contributed by atoms with Crippen molar-refractivity contribution >= 4 is 30.2 Å². The van der Waals surface area contributed by atoms with Crippen LogP contribution in [-0.4, -0.2) is 31.3 Å². The fraction of sp³-hybridized carbons (Fsp3) is 0.357. The molecule has 1 heterocycles. The molecule has 0 radical (unpaired) electrons. The van der Waals surface area contributed by atoms with Crippen LogP contribution in [0.2, 0.25) is 0 Å². The topological polar surface area (TPSA) is 70.4 Å². The van der Waals surface area contributed by atoms with E-state index in [4.69, 9.17) is 5.26 Å². The molecule has 6 heteroatoms. The van der Waals surface area contributed by atoms with Crippen LogP contribution in [0.25, 0.3) is 0 Å². The highest BCUT2D eigenvalue weighted by molar-refractivity contribution is 7.80. The van der Waals surface area contributed by atoms with Crippen LogP contribution < -0.4 is 4.90 Å². The molecule has 0 bridgehead atoms. The third-order valence-electron chi connectivity index (χ3n) is 3.30. The molecule has 0 spiro atoms. The van der Waals surface area contributed by atoms with Crippen molar-refractivity contribution in [3.63, 3.8) is 0 Å². The summed E-state index contributed by atoms with van der Waals surface area (Å²) in [6.45, 7) is 0.588. The number of esters is 1. The van der Waals surface area contributed by atoms with E-state index >= 15 is 0 Å². The molecule has 0 N–H and O–H groups in total. The molecule has 1 aliphatic heterocycles. The Labute approximate surface area is 122 Å². The lowest BCUT2D eigenvalue weighted by Crippen LogP contribution is -2.25. The molecule has 104 valence electrons. The lowest BCUT2D eigenvalue weighted by atomic mass is 10.1. The van der Waals surface area contributed by atoms with Crippen LogP contribution in [0.5, 0.6) is 0 Å². The largest absolute Gasteiger partial charge is 0.465 e. The van der Waals surface area contributed by atoms with Gasteiger partial charge in [0.1, 0.15) is 6.07 Å². The van der Waals surface area contributed by atoms with Crippen molar-refractivity contribution in [1.82, 2.24) is 0 Å². The molecule has 1 fully saturated rings. The summed E-state index contributed by atoms with van der Waals surface area (Å²) in [5.74, 6) is 0.317. The normalized spacial score (nSPS) is 17.9. The SMILES string of the molecule is COC(=O)c1ccc(N2CC(CS)CC2=O)cc1C#N. The first-order valence-electron chi connectivity index (χ1n) is 6.14. The van der Waals surface area contributed by atoms with E-state index in [1.165, 1.54) is 13.2 Å². The van der Waals surface area contributed by atoms with Crippen LogP contribution >= 0.6 is 12.6 Å². The van der Waals surface area contributed by atoms with Crippen LogP contribution in [0.3, 0.4) is 0 Å². The van der Waals surface area contributed by atoms with Crippen molar-refractivity contribution in [2.24, 2.45) is 5.92 Å². The van der Waals surface area contributed by atoms with E-state index in [9.17, 15) is 9.59 Å². The van der Waals surface area contributed by atoms with Crippen LogP contribution in [0.15, 0.2) is 18.2 Å². The minimum Gasteiger partial charge on any atom is -0.465 e. The maximum atomic E-state index is 11.9.